The maximum atomic E-state index is 13.0. The highest BCUT2D eigenvalue weighted by atomic mass is 32.2. The van der Waals surface area contributed by atoms with Crippen molar-refractivity contribution < 1.29 is 33.6 Å². The molecule has 0 aliphatic rings. The lowest BCUT2D eigenvalue weighted by molar-refractivity contribution is -0.149. The maximum absolute atomic E-state index is 13.0. The molecule has 0 aliphatic carbocycles. The molecule has 3 rings (SSSR count). The van der Waals surface area contributed by atoms with E-state index in [1.165, 1.54) is 5.56 Å². The Balaban J connectivity index is 1.52. The van der Waals surface area contributed by atoms with Crippen LogP contribution in [0, 0.1) is 0 Å². The first-order chi connectivity index (χ1) is 19.5. The molecule has 0 aromatic heterocycles. The summed E-state index contributed by atoms with van der Waals surface area (Å²) in [7, 11) is 1.58. The molecule has 214 valence electrons. The van der Waals surface area contributed by atoms with Gasteiger partial charge in [0.1, 0.15) is 23.9 Å². The fourth-order valence-electron chi connectivity index (χ4n) is 3.85. The minimum Gasteiger partial charge on any atom is -0.497 e. The van der Waals surface area contributed by atoms with Gasteiger partial charge in [0.15, 0.2) is 6.10 Å². The van der Waals surface area contributed by atoms with Crippen molar-refractivity contribution in [3.05, 3.63) is 90.0 Å². The summed E-state index contributed by atoms with van der Waals surface area (Å²) in [6.07, 6.45) is -0.230. The fraction of sp³-hybridized carbons (Fsp3) is 0.355. The zero-order chi connectivity index (χ0) is 28.6. The van der Waals surface area contributed by atoms with Gasteiger partial charge in [0, 0.05) is 25.3 Å². The lowest BCUT2D eigenvalue weighted by Crippen LogP contribution is -2.37. The van der Waals surface area contributed by atoms with Gasteiger partial charge < -0.3 is 29.0 Å². The molecule has 8 nitrogen and oxygen atoms in total. The molecular weight excluding hydrogens is 530 g/mol. The number of benzene rings is 3. The zero-order valence-corrected chi connectivity index (χ0v) is 23.8. The van der Waals surface area contributed by atoms with E-state index in [0.717, 1.165) is 23.5 Å². The van der Waals surface area contributed by atoms with E-state index in [4.69, 9.17) is 18.9 Å². The SMILES string of the molecule is CCOC(Cc1ccc(OCCN(CCCSCc2ccccc2)C(=O)Oc2ccc(OC)cc2)cc1)C(=O)O. The average molecular weight is 568 g/mol. The molecule has 1 unspecified atom stereocenters. The van der Waals surface area contributed by atoms with Crippen LogP contribution in [0.4, 0.5) is 4.79 Å². The first-order valence-corrected chi connectivity index (χ1v) is 14.4. The van der Waals surface area contributed by atoms with Crippen molar-refractivity contribution in [2.24, 2.45) is 0 Å². The Hall–Kier alpha value is -3.69. The quantitative estimate of drug-likeness (QED) is 0.201. The highest BCUT2D eigenvalue weighted by molar-refractivity contribution is 7.98. The van der Waals surface area contributed by atoms with E-state index in [-0.39, 0.29) is 13.0 Å². The lowest BCUT2D eigenvalue weighted by atomic mass is 10.1. The third kappa shape index (κ3) is 10.8. The molecule has 9 heteroatoms. The van der Waals surface area contributed by atoms with Gasteiger partial charge in [-0.1, -0.05) is 42.5 Å². The standard InChI is InChI=1S/C31H37NO7S/c1-3-37-29(30(33)34)22-24-10-12-27(13-11-24)38-20-19-32(18-7-21-40-23-25-8-5-4-6-9-25)31(35)39-28-16-14-26(36-2)15-17-28/h4-6,8-17,29H,3,7,18-23H2,1-2H3,(H,33,34). The smallest absolute Gasteiger partial charge is 0.415 e. The third-order valence-electron chi connectivity index (χ3n) is 5.97. The molecule has 1 atom stereocenters. The normalized spacial score (nSPS) is 11.4. The highest BCUT2D eigenvalue weighted by Crippen LogP contribution is 2.19. The van der Waals surface area contributed by atoms with Crippen LogP contribution in [0.15, 0.2) is 78.9 Å². The molecule has 0 bridgehead atoms. The zero-order valence-electron chi connectivity index (χ0n) is 23.0. The van der Waals surface area contributed by atoms with E-state index in [1.54, 1.807) is 55.3 Å². The number of carboxylic acid groups (broad SMARTS) is 1. The first-order valence-electron chi connectivity index (χ1n) is 13.3. The van der Waals surface area contributed by atoms with Crippen molar-refractivity contribution in [3.63, 3.8) is 0 Å². The Morgan fingerprint density at radius 1 is 0.875 bits per heavy atom. The summed E-state index contributed by atoms with van der Waals surface area (Å²) in [5, 5.41) is 9.29. The number of methoxy groups -OCH3 is 1. The Morgan fingerprint density at radius 2 is 1.55 bits per heavy atom. The molecule has 0 radical (unpaired) electrons. The van der Waals surface area contributed by atoms with E-state index in [0.29, 0.717) is 36.9 Å². The monoisotopic (exact) mass is 567 g/mol. The Kier molecular flexibility index (Phi) is 13.2. The van der Waals surface area contributed by atoms with Crippen LogP contribution in [-0.2, 0) is 21.7 Å². The number of aliphatic carboxylic acids is 1. The largest absolute Gasteiger partial charge is 0.497 e. The molecule has 40 heavy (non-hydrogen) atoms. The van der Waals surface area contributed by atoms with Crippen LogP contribution in [0.25, 0.3) is 0 Å². The number of amides is 1. The molecule has 0 saturated heterocycles. The van der Waals surface area contributed by atoms with Gasteiger partial charge in [-0.25, -0.2) is 9.59 Å². The second-order valence-electron chi connectivity index (χ2n) is 8.90. The number of thioether (sulfide) groups is 1. The molecule has 0 spiro atoms. The summed E-state index contributed by atoms with van der Waals surface area (Å²) >= 11 is 1.83. The number of hydrogen-bond acceptors (Lipinski definition) is 7. The Morgan fingerprint density at radius 3 is 2.20 bits per heavy atom. The van der Waals surface area contributed by atoms with Crippen molar-refractivity contribution in [3.8, 4) is 17.2 Å². The van der Waals surface area contributed by atoms with Crippen LogP contribution < -0.4 is 14.2 Å². The van der Waals surface area contributed by atoms with E-state index in [2.05, 4.69) is 12.1 Å². The summed E-state index contributed by atoms with van der Waals surface area (Å²) in [5.41, 5.74) is 2.12. The van der Waals surface area contributed by atoms with Gasteiger partial charge in [0.05, 0.1) is 13.7 Å². The van der Waals surface area contributed by atoms with Gasteiger partial charge in [0.25, 0.3) is 0 Å². The third-order valence-corrected chi connectivity index (χ3v) is 7.08. The summed E-state index contributed by atoms with van der Waals surface area (Å²) in [5.74, 6) is 2.60. The molecule has 0 fully saturated rings. The maximum Gasteiger partial charge on any atom is 0.415 e. The summed E-state index contributed by atoms with van der Waals surface area (Å²) < 4.78 is 22.0. The fourth-order valence-corrected chi connectivity index (χ4v) is 4.76. The van der Waals surface area contributed by atoms with Gasteiger partial charge in [0.2, 0.25) is 0 Å². The molecule has 3 aromatic rings. The molecule has 0 aliphatic heterocycles. The van der Waals surface area contributed by atoms with E-state index in [9.17, 15) is 14.7 Å². The number of carbonyl (C=O) groups excluding carboxylic acids is 1. The van der Waals surface area contributed by atoms with Crippen molar-refractivity contribution in [1.29, 1.82) is 0 Å². The summed E-state index contributed by atoms with van der Waals surface area (Å²) in [6.45, 7) is 3.28. The van der Waals surface area contributed by atoms with Crippen molar-refractivity contribution >= 4 is 23.8 Å². The first kappa shape index (κ1) is 30.8. The lowest BCUT2D eigenvalue weighted by Gasteiger charge is -2.22. The van der Waals surface area contributed by atoms with Gasteiger partial charge in [-0.2, -0.15) is 11.8 Å². The minimum atomic E-state index is -0.984. The van der Waals surface area contributed by atoms with Gasteiger partial charge >= 0.3 is 12.1 Å². The predicted octanol–water partition coefficient (Wildman–Crippen LogP) is 5.93. The molecule has 1 amide bonds. The van der Waals surface area contributed by atoms with Gasteiger partial charge in [-0.3, -0.25) is 0 Å². The molecule has 3 aromatic carbocycles. The summed E-state index contributed by atoms with van der Waals surface area (Å²) in [4.78, 5) is 26.0. The van der Waals surface area contributed by atoms with Crippen molar-refractivity contribution in [1.82, 2.24) is 4.90 Å². The van der Waals surface area contributed by atoms with Gasteiger partial charge in [-0.05, 0) is 66.6 Å². The van der Waals surface area contributed by atoms with Gasteiger partial charge in [-0.15, -0.1) is 0 Å². The van der Waals surface area contributed by atoms with E-state index in [1.807, 2.05) is 42.1 Å². The minimum absolute atomic E-state index is 0.275. The number of rotatable bonds is 17. The summed E-state index contributed by atoms with van der Waals surface area (Å²) in [6, 6.07) is 24.4. The molecule has 1 N–H and O–H groups in total. The molecular formula is C31H37NO7S. The van der Waals surface area contributed by atoms with Crippen LogP contribution >= 0.6 is 11.8 Å². The van der Waals surface area contributed by atoms with Crippen molar-refractivity contribution in [2.75, 3.05) is 39.2 Å². The van der Waals surface area contributed by atoms with Crippen LogP contribution in [0.1, 0.15) is 24.5 Å². The topological polar surface area (TPSA) is 94.5 Å². The predicted molar refractivity (Wildman–Crippen MR) is 157 cm³/mol. The molecule has 0 saturated carbocycles. The average Bonchev–Trinajstić information content (AvgIpc) is 2.97. The highest BCUT2D eigenvalue weighted by Gasteiger charge is 2.18. The number of hydrogen-bond donors (Lipinski definition) is 1. The number of ether oxygens (including phenoxy) is 4. The second kappa shape index (κ2) is 17.1. The van der Waals surface area contributed by atoms with Crippen LogP contribution in [0.3, 0.4) is 0 Å². The van der Waals surface area contributed by atoms with E-state index >= 15 is 0 Å². The number of carbonyl (C=O) groups is 2. The molecule has 0 heterocycles. The van der Waals surface area contributed by atoms with Crippen LogP contribution in [0.5, 0.6) is 17.2 Å². The second-order valence-corrected chi connectivity index (χ2v) is 10.0. The Labute approximate surface area is 240 Å². The number of nitrogens with zero attached hydrogens (tertiary/aromatic N) is 1. The van der Waals surface area contributed by atoms with Crippen LogP contribution in [-0.4, -0.2) is 67.3 Å². The Bertz CT molecular complexity index is 1160. The number of carboxylic acids is 1. The van der Waals surface area contributed by atoms with Crippen LogP contribution in [0.2, 0.25) is 0 Å². The van der Waals surface area contributed by atoms with Crippen molar-refractivity contribution in [2.45, 2.75) is 31.6 Å². The van der Waals surface area contributed by atoms with E-state index < -0.39 is 18.2 Å².